The van der Waals surface area contributed by atoms with Crippen LogP contribution in [0.2, 0.25) is 0 Å². The van der Waals surface area contributed by atoms with Crippen LogP contribution >= 0.6 is 0 Å². The molecule has 3 N–H and O–H groups in total. The minimum absolute atomic E-state index is 0.00883. The van der Waals surface area contributed by atoms with Crippen molar-refractivity contribution < 1.29 is 23.5 Å². The first kappa shape index (κ1) is 19.6. The molecule has 0 aliphatic carbocycles. The number of likely N-dealkylation sites (tertiary alicyclic amines) is 1. The summed E-state index contributed by atoms with van der Waals surface area (Å²) in [6.45, 7) is 3.95. The van der Waals surface area contributed by atoms with Crippen molar-refractivity contribution in [2.45, 2.75) is 45.0 Å². The summed E-state index contributed by atoms with van der Waals surface area (Å²) < 4.78 is 19.5. The molecule has 154 valence electrons. The Morgan fingerprint density at radius 3 is 2.59 bits per heavy atom. The molecular formula is C21H24FN3O4. The number of hydrogen-bond donors (Lipinski definition) is 2. The van der Waals surface area contributed by atoms with Gasteiger partial charge >= 0.3 is 0 Å². The van der Waals surface area contributed by atoms with E-state index in [0.29, 0.717) is 17.9 Å². The highest BCUT2D eigenvalue weighted by molar-refractivity contribution is 6.09. The van der Waals surface area contributed by atoms with E-state index in [9.17, 15) is 14.0 Å². The summed E-state index contributed by atoms with van der Waals surface area (Å²) in [5, 5.41) is 9.11. The van der Waals surface area contributed by atoms with Crippen molar-refractivity contribution in [3.63, 3.8) is 0 Å². The number of aliphatic hydroxyl groups is 1. The van der Waals surface area contributed by atoms with Crippen LogP contribution < -0.4 is 5.73 Å². The van der Waals surface area contributed by atoms with E-state index >= 15 is 0 Å². The van der Waals surface area contributed by atoms with Gasteiger partial charge in [0.05, 0.1) is 23.7 Å². The molecule has 2 aromatic rings. The Morgan fingerprint density at radius 2 is 1.97 bits per heavy atom. The molecule has 1 atom stereocenters. The third kappa shape index (κ3) is 3.54. The van der Waals surface area contributed by atoms with E-state index < -0.39 is 11.7 Å². The molecule has 0 spiro atoms. The maximum absolute atomic E-state index is 14.0. The topological polar surface area (TPSA) is 100 Å². The number of fused-ring (bicyclic) bond motifs is 1. The summed E-state index contributed by atoms with van der Waals surface area (Å²) in [6.07, 6.45) is 1.54. The van der Waals surface area contributed by atoms with Crippen molar-refractivity contribution in [2.24, 2.45) is 5.73 Å². The zero-order valence-corrected chi connectivity index (χ0v) is 16.2. The molecule has 8 heteroatoms. The number of carbonyl (C=O) groups is 2. The molecule has 0 saturated carbocycles. The summed E-state index contributed by atoms with van der Waals surface area (Å²) >= 11 is 0. The second-order valence-electron chi connectivity index (χ2n) is 7.70. The third-order valence-electron chi connectivity index (χ3n) is 5.92. The summed E-state index contributed by atoms with van der Waals surface area (Å²) in [7, 11) is 0. The number of hydrogen-bond acceptors (Lipinski definition) is 5. The summed E-state index contributed by atoms with van der Waals surface area (Å²) in [6, 6.07) is 5.70. The van der Waals surface area contributed by atoms with Gasteiger partial charge in [-0.25, -0.2) is 4.39 Å². The van der Waals surface area contributed by atoms with Crippen molar-refractivity contribution in [1.29, 1.82) is 0 Å². The lowest BCUT2D eigenvalue weighted by Gasteiger charge is -2.38. The average molecular weight is 401 g/mol. The highest BCUT2D eigenvalue weighted by Crippen LogP contribution is 2.39. The van der Waals surface area contributed by atoms with Crippen LogP contribution in [0.4, 0.5) is 4.39 Å². The van der Waals surface area contributed by atoms with Gasteiger partial charge in [0.2, 0.25) is 5.91 Å². The fraction of sp³-hybridized carbons (Fsp3) is 0.429. The van der Waals surface area contributed by atoms with Gasteiger partial charge in [0.15, 0.2) is 0 Å². The molecule has 4 rings (SSSR count). The Hall–Kier alpha value is -2.71. The van der Waals surface area contributed by atoms with Gasteiger partial charge in [-0.15, -0.1) is 0 Å². The van der Waals surface area contributed by atoms with Crippen molar-refractivity contribution in [3.8, 4) is 0 Å². The molecule has 2 aliphatic heterocycles. The van der Waals surface area contributed by atoms with Gasteiger partial charge in [0.1, 0.15) is 23.9 Å². The predicted molar refractivity (Wildman–Crippen MR) is 102 cm³/mol. The zero-order valence-electron chi connectivity index (χ0n) is 16.2. The number of halogens is 1. The van der Waals surface area contributed by atoms with Gasteiger partial charge in [-0.3, -0.25) is 14.5 Å². The van der Waals surface area contributed by atoms with Crippen LogP contribution in [0, 0.1) is 5.82 Å². The number of amides is 2. The number of aliphatic hydroxyl groups excluding tert-OH is 1. The van der Waals surface area contributed by atoms with Gasteiger partial charge in [0.25, 0.3) is 5.91 Å². The molecule has 2 amide bonds. The lowest BCUT2D eigenvalue weighted by Crippen LogP contribution is -2.45. The largest absolute Gasteiger partial charge is 0.462 e. The molecule has 1 fully saturated rings. The lowest BCUT2D eigenvalue weighted by atomic mass is 9.99. The molecule has 1 saturated heterocycles. The van der Waals surface area contributed by atoms with E-state index in [2.05, 4.69) is 4.90 Å². The normalized spacial score (nSPS) is 20.3. The Morgan fingerprint density at radius 1 is 1.28 bits per heavy atom. The lowest BCUT2D eigenvalue weighted by molar-refractivity contribution is 0.0502. The molecular weight excluding hydrogens is 377 g/mol. The van der Waals surface area contributed by atoms with Crippen LogP contribution in [-0.2, 0) is 13.2 Å². The Kier molecular flexibility index (Phi) is 5.14. The number of nitrogens with zero attached hydrogens (tertiary/aromatic N) is 2. The van der Waals surface area contributed by atoms with Gasteiger partial charge in [-0.2, -0.15) is 0 Å². The minimum Gasteiger partial charge on any atom is -0.462 e. The smallest absolute Gasteiger partial charge is 0.255 e. The second-order valence-corrected chi connectivity index (χ2v) is 7.70. The van der Waals surface area contributed by atoms with Gasteiger partial charge in [-0.05, 0) is 49.6 Å². The monoisotopic (exact) mass is 401 g/mol. The van der Waals surface area contributed by atoms with Crippen molar-refractivity contribution in [1.82, 2.24) is 9.80 Å². The molecule has 0 bridgehead atoms. The van der Waals surface area contributed by atoms with Crippen LogP contribution in [0.1, 0.15) is 63.6 Å². The summed E-state index contributed by atoms with van der Waals surface area (Å²) in [4.78, 5) is 28.8. The van der Waals surface area contributed by atoms with E-state index in [1.807, 2.05) is 13.0 Å². The third-order valence-corrected chi connectivity index (χ3v) is 5.92. The van der Waals surface area contributed by atoms with Crippen molar-refractivity contribution >= 4 is 11.8 Å². The predicted octanol–water partition coefficient (Wildman–Crippen LogP) is 2.19. The fourth-order valence-corrected chi connectivity index (χ4v) is 4.50. The molecule has 1 unspecified atom stereocenters. The van der Waals surface area contributed by atoms with Crippen LogP contribution in [0.5, 0.6) is 0 Å². The number of carbonyl (C=O) groups excluding carboxylic acids is 2. The fourth-order valence-electron chi connectivity index (χ4n) is 4.50. The van der Waals surface area contributed by atoms with Crippen LogP contribution in [0.25, 0.3) is 0 Å². The molecule has 3 heterocycles. The molecule has 29 heavy (non-hydrogen) atoms. The van der Waals surface area contributed by atoms with E-state index in [1.165, 1.54) is 6.07 Å². The number of benzene rings is 1. The van der Waals surface area contributed by atoms with E-state index in [0.717, 1.165) is 37.8 Å². The SMILES string of the molecule is CC1c2cc(F)cc(C(N)=O)c2C(=O)N1C1CCN(Cc2ccc(CO)o2)CC1. The van der Waals surface area contributed by atoms with Crippen LogP contribution in [-0.4, -0.2) is 45.9 Å². The maximum Gasteiger partial charge on any atom is 0.255 e. The van der Waals surface area contributed by atoms with Gasteiger partial charge in [0, 0.05) is 19.1 Å². The average Bonchev–Trinajstić information content (AvgIpc) is 3.25. The van der Waals surface area contributed by atoms with Gasteiger partial charge < -0.3 is 20.2 Å². The highest BCUT2D eigenvalue weighted by Gasteiger charge is 2.41. The number of rotatable bonds is 5. The van der Waals surface area contributed by atoms with Gasteiger partial charge in [-0.1, -0.05) is 0 Å². The van der Waals surface area contributed by atoms with Crippen LogP contribution in [0.15, 0.2) is 28.7 Å². The number of piperidine rings is 1. The first-order valence-electron chi connectivity index (χ1n) is 9.75. The number of primary amides is 1. The number of furan rings is 1. The van der Waals surface area contributed by atoms with Crippen LogP contribution in [0.3, 0.4) is 0 Å². The van der Waals surface area contributed by atoms with Crippen molar-refractivity contribution in [2.75, 3.05) is 13.1 Å². The summed E-state index contributed by atoms with van der Waals surface area (Å²) in [5.74, 6) is -0.264. The Balaban J connectivity index is 1.47. The number of nitrogens with two attached hydrogens (primary N) is 1. The summed E-state index contributed by atoms with van der Waals surface area (Å²) in [5.41, 5.74) is 6.10. The molecule has 1 aromatic carbocycles. The Labute approximate surface area is 167 Å². The molecule has 2 aliphatic rings. The molecule has 7 nitrogen and oxygen atoms in total. The quantitative estimate of drug-likeness (QED) is 0.800. The zero-order chi connectivity index (χ0) is 20.7. The Bertz CT molecular complexity index is 949. The van der Waals surface area contributed by atoms with E-state index in [-0.39, 0.29) is 35.7 Å². The highest BCUT2D eigenvalue weighted by atomic mass is 19.1. The standard InChI is InChI=1S/C21H24FN3O4/c1-12-17-8-13(22)9-18(20(23)27)19(17)21(28)25(12)14-4-6-24(7-5-14)10-15-2-3-16(11-26)29-15/h2-3,8-9,12,14,26H,4-7,10-11H2,1H3,(H2,23,27). The minimum atomic E-state index is -0.793. The van der Waals surface area contributed by atoms with E-state index in [4.69, 9.17) is 15.3 Å². The van der Waals surface area contributed by atoms with E-state index in [1.54, 1.807) is 11.0 Å². The molecule has 1 aromatic heterocycles. The van der Waals surface area contributed by atoms with Crippen molar-refractivity contribution in [3.05, 3.63) is 58.3 Å². The maximum atomic E-state index is 14.0. The second kappa shape index (κ2) is 7.61. The molecule has 0 radical (unpaired) electrons. The first-order chi connectivity index (χ1) is 13.9. The first-order valence-corrected chi connectivity index (χ1v) is 9.75.